The summed E-state index contributed by atoms with van der Waals surface area (Å²) in [5.74, 6) is 0.685. The summed E-state index contributed by atoms with van der Waals surface area (Å²) in [5.41, 5.74) is 1.97. The van der Waals surface area contributed by atoms with Gasteiger partial charge in [0.15, 0.2) is 0 Å². The Bertz CT molecular complexity index is 333. The van der Waals surface area contributed by atoms with E-state index in [0.717, 1.165) is 30.9 Å². The maximum atomic E-state index is 11.0. The molecule has 1 unspecified atom stereocenters. The van der Waals surface area contributed by atoms with Crippen LogP contribution in [0.5, 0.6) is 0 Å². The second-order valence-corrected chi connectivity index (χ2v) is 3.75. The minimum atomic E-state index is -0.0848. The summed E-state index contributed by atoms with van der Waals surface area (Å²) in [5, 5.41) is 3.32. The lowest BCUT2D eigenvalue weighted by atomic mass is 10.0. The topological polar surface area (TPSA) is 60.7 Å². The summed E-state index contributed by atoms with van der Waals surface area (Å²) >= 11 is 0. The predicted octanol–water partition coefficient (Wildman–Crippen LogP) is 0.163. The zero-order valence-electron chi connectivity index (χ0n) is 7.81. The van der Waals surface area contributed by atoms with Crippen molar-refractivity contribution in [3.05, 3.63) is 21.9 Å². The third-order valence-corrected chi connectivity index (χ3v) is 2.67. The van der Waals surface area contributed by atoms with Crippen LogP contribution in [0.3, 0.4) is 0 Å². The van der Waals surface area contributed by atoms with Gasteiger partial charge in [-0.1, -0.05) is 0 Å². The van der Waals surface area contributed by atoms with E-state index in [9.17, 15) is 4.79 Å². The van der Waals surface area contributed by atoms with Gasteiger partial charge in [0.1, 0.15) is 0 Å². The number of aryl methyl sites for hydroxylation is 1. The first-order chi connectivity index (χ1) is 6.25. The lowest BCUT2D eigenvalue weighted by Gasteiger charge is -2.05. The van der Waals surface area contributed by atoms with E-state index in [0.29, 0.717) is 5.92 Å². The maximum absolute atomic E-state index is 11.0. The van der Waals surface area contributed by atoms with Gasteiger partial charge in [-0.05, 0) is 38.8 Å². The molecule has 0 aromatic carbocycles. The molecule has 4 heteroatoms. The molecule has 3 N–H and O–H groups in total. The molecule has 1 atom stereocenters. The van der Waals surface area contributed by atoms with Gasteiger partial charge in [-0.2, -0.15) is 0 Å². The first-order valence-corrected chi connectivity index (χ1v) is 4.74. The highest BCUT2D eigenvalue weighted by molar-refractivity contribution is 5.10. The molecule has 1 aliphatic heterocycles. The van der Waals surface area contributed by atoms with Crippen molar-refractivity contribution >= 4 is 0 Å². The van der Waals surface area contributed by atoms with Crippen molar-refractivity contribution in [1.29, 1.82) is 0 Å². The van der Waals surface area contributed by atoms with Gasteiger partial charge in [-0.15, -0.1) is 0 Å². The van der Waals surface area contributed by atoms with Gasteiger partial charge in [0.25, 0.3) is 0 Å². The van der Waals surface area contributed by atoms with E-state index in [2.05, 4.69) is 15.3 Å². The van der Waals surface area contributed by atoms with Crippen LogP contribution in [0.15, 0.2) is 4.79 Å². The molecule has 0 bridgehead atoms. The van der Waals surface area contributed by atoms with Gasteiger partial charge in [0.05, 0.1) is 0 Å². The van der Waals surface area contributed by atoms with Crippen LogP contribution in [0.4, 0.5) is 0 Å². The lowest BCUT2D eigenvalue weighted by Crippen LogP contribution is -2.11. The third kappa shape index (κ3) is 1.83. The van der Waals surface area contributed by atoms with Crippen LogP contribution in [0.25, 0.3) is 0 Å². The Morgan fingerprint density at radius 3 is 2.85 bits per heavy atom. The number of hydrogen-bond acceptors (Lipinski definition) is 2. The first kappa shape index (κ1) is 8.56. The SMILES string of the molecule is Cc1[nH]c(=O)[nH]c1CC1CCNC1. The fraction of sp³-hybridized carbons (Fsp3) is 0.667. The van der Waals surface area contributed by atoms with Gasteiger partial charge in [-0.25, -0.2) is 4.79 Å². The summed E-state index contributed by atoms with van der Waals surface area (Å²) in [7, 11) is 0. The number of hydrogen-bond donors (Lipinski definition) is 3. The third-order valence-electron chi connectivity index (χ3n) is 2.67. The minimum Gasteiger partial charge on any atom is -0.316 e. The largest absolute Gasteiger partial charge is 0.323 e. The normalized spacial score (nSPS) is 22.4. The van der Waals surface area contributed by atoms with E-state index in [1.165, 1.54) is 6.42 Å². The summed E-state index contributed by atoms with van der Waals surface area (Å²) < 4.78 is 0. The number of aromatic nitrogens is 2. The zero-order valence-corrected chi connectivity index (χ0v) is 7.81. The highest BCUT2D eigenvalue weighted by atomic mass is 16.1. The van der Waals surface area contributed by atoms with E-state index >= 15 is 0 Å². The number of aromatic amines is 2. The molecular weight excluding hydrogens is 166 g/mol. The van der Waals surface area contributed by atoms with Crippen molar-refractivity contribution in [2.24, 2.45) is 5.92 Å². The summed E-state index contributed by atoms with van der Waals surface area (Å²) in [4.78, 5) is 16.5. The molecule has 0 aliphatic carbocycles. The number of imidazole rings is 1. The van der Waals surface area contributed by atoms with Crippen molar-refractivity contribution in [2.45, 2.75) is 19.8 Å². The van der Waals surface area contributed by atoms with Gasteiger partial charge in [-0.3, -0.25) is 0 Å². The quantitative estimate of drug-likeness (QED) is 0.609. The summed E-state index contributed by atoms with van der Waals surface area (Å²) in [6.07, 6.45) is 2.20. The molecule has 1 aromatic rings. The van der Waals surface area contributed by atoms with Crippen molar-refractivity contribution in [3.8, 4) is 0 Å². The van der Waals surface area contributed by atoms with Gasteiger partial charge in [0, 0.05) is 11.4 Å². The molecule has 4 nitrogen and oxygen atoms in total. The van der Waals surface area contributed by atoms with Crippen molar-refractivity contribution in [3.63, 3.8) is 0 Å². The molecule has 0 spiro atoms. The molecule has 72 valence electrons. The summed E-state index contributed by atoms with van der Waals surface area (Å²) in [6.45, 7) is 4.13. The van der Waals surface area contributed by atoms with E-state index in [1.54, 1.807) is 0 Å². The average molecular weight is 181 g/mol. The van der Waals surface area contributed by atoms with Crippen LogP contribution in [0.1, 0.15) is 17.8 Å². The predicted molar refractivity (Wildman–Crippen MR) is 50.8 cm³/mol. The monoisotopic (exact) mass is 181 g/mol. The van der Waals surface area contributed by atoms with Crippen LogP contribution in [-0.4, -0.2) is 23.1 Å². The fourth-order valence-corrected chi connectivity index (χ4v) is 1.89. The molecule has 2 rings (SSSR count). The summed E-state index contributed by atoms with van der Waals surface area (Å²) in [6, 6.07) is 0. The Labute approximate surface area is 76.8 Å². The Balaban J connectivity index is 2.08. The highest BCUT2D eigenvalue weighted by Gasteiger charge is 2.16. The maximum Gasteiger partial charge on any atom is 0.323 e. The Morgan fingerprint density at radius 1 is 1.46 bits per heavy atom. The molecular formula is C9H15N3O. The Morgan fingerprint density at radius 2 is 2.31 bits per heavy atom. The molecule has 1 aromatic heterocycles. The van der Waals surface area contributed by atoms with E-state index in [4.69, 9.17) is 0 Å². The lowest BCUT2D eigenvalue weighted by molar-refractivity contribution is 0.571. The number of H-pyrrole nitrogens is 2. The van der Waals surface area contributed by atoms with Crippen molar-refractivity contribution in [1.82, 2.24) is 15.3 Å². The van der Waals surface area contributed by atoms with Crippen molar-refractivity contribution < 1.29 is 0 Å². The van der Waals surface area contributed by atoms with Crippen molar-refractivity contribution in [2.75, 3.05) is 13.1 Å². The molecule has 2 heterocycles. The van der Waals surface area contributed by atoms with E-state index in [-0.39, 0.29) is 5.69 Å². The number of rotatable bonds is 2. The van der Waals surface area contributed by atoms with Crippen LogP contribution in [0.2, 0.25) is 0 Å². The average Bonchev–Trinajstić information content (AvgIpc) is 2.63. The number of nitrogens with one attached hydrogen (secondary N) is 3. The smallest absolute Gasteiger partial charge is 0.316 e. The standard InChI is InChI=1S/C9H15N3O/c1-6-8(12-9(13)11-6)4-7-2-3-10-5-7/h7,10H,2-5H2,1H3,(H2,11,12,13). The van der Waals surface area contributed by atoms with E-state index in [1.807, 2.05) is 6.92 Å². The Hall–Kier alpha value is -1.03. The molecule has 13 heavy (non-hydrogen) atoms. The molecule has 0 radical (unpaired) electrons. The van der Waals surface area contributed by atoms with Gasteiger partial charge in [0.2, 0.25) is 0 Å². The highest BCUT2D eigenvalue weighted by Crippen LogP contribution is 2.14. The van der Waals surface area contributed by atoms with Crippen LogP contribution >= 0.6 is 0 Å². The second-order valence-electron chi connectivity index (χ2n) is 3.75. The van der Waals surface area contributed by atoms with Gasteiger partial charge < -0.3 is 15.3 Å². The molecule has 1 aliphatic rings. The first-order valence-electron chi connectivity index (χ1n) is 4.74. The fourth-order valence-electron chi connectivity index (χ4n) is 1.89. The molecule has 1 fully saturated rings. The minimum absolute atomic E-state index is 0.0848. The molecule has 0 saturated carbocycles. The second kappa shape index (κ2) is 3.38. The molecule has 0 amide bonds. The van der Waals surface area contributed by atoms with E-state index < -0.39 is 0 Å². The van der Waals surface area contributed by atoms with Crippen LogP contribution in [-0.2, 0) is 6.42 Å². The Kier molecular flexibility index (Phi) is 2.22. The van der Waals surface area contributed by atoms with Gasteiger partial charge >= 0.3 is 5.69 Å². The van der Waals surface area contributed by atoms with Crippen LogP contribution in [0, 0.1) is 12.8 Å². The molecule has 1 saturated heterocycles. The zero-order chi connectivity index (χ0) is 9.26. The van der Waals surface area contributed by atoms with Crippen LogP contribution < -0.4 is 11.0 Å².